The molecular formula is C14H23ClN4O. The molecule has 3 atom stereocenters. The fraction of sp³-hybridized carbons (Fsp3) is 0.714. The third kappa shape index (κ3) is 2.56. The van der Waals surface area contributed by atoms with E-state index >= 15 is 0 Å². The molecule has 0 bridgehead atoms. The summed E-state index contributed by atoms with van der Waals surface area (Å²) in [6, 6.07) is 2.13. The average Bonchev–Trinajstić information content (AvgIpc) is 2.94. The number of amides is 1. The van der Waals surface area contributed by atoms with Gasteiger partial charge in [0.1, 0.15) is 0 Å². The lowest BCUT2D eigenvalue weighted by Crippen LogP contribution is -2.38. The van der Waals surface area contributed by atoms with Crippen LogP contribution in [0.3, 0.4) is 0 Å². The molecule has 1 saturated heterocycles. The smallest absolute Gasteiger partial charge is 0.274 e. The molecule has 3 unspecified atom stereocenters. The SMILES string of the molecule is Cc1cc(C(=O)N2CC3CCCC(N)C3C2)nn1C.Cl. The number of aromatic nitrogens is 2. The Labute approximate surface area is 125 Å². The second kappa shape index (κ2) is 5.74. The minimum atomic E-state index is 0. The van der Waals surface area contributed by atoms with E-state index in [0.29, 0.717) is 17.5 Å². The zero-order valence-corrected chi connectivity index (χ0v) is 12.9. The number of carbonyl (C=O) groups excluding carboxylic acids is 1. The van der Waals surface area contributed by atoms with Crippen LogP contribution in [-0.4, -0.2) is 39.7 Å². The third-order valence-electron chi connectivity index (χ3n) is 4.77. The lowest BCUT2D eigenvalue weighted by atomic mass is 9.78. The molecule has 1 amide bonds. The monoisotopic (exact) mass is 298 g/mol. The van der Waals surface area contributed by atoms with Crippen LogP contribution in [0.2, 0.25) is 0 Å². The summed E-state index contributed by atoms with van der Waals surface area (Å²) in [4.78, 5) is 14.4. The number of carbonyl (C=O) groups is 1. The van der Waals surface area contributed by atoms with E-state index in [0.717, 1.165) is 25.2 Å². The van der Waals surface area contributed by atoms with Gasteiger partial charge in [-0.05, 0) is 37.7 Å². The van der Waals surface area contributed by atoms with Gasteiger partial charge in [-0.15, -0.1) is 12.4 Å². The van der Waals surface area contributed by atoms with Crippen molar-refractivity contribution in [3.63, 3.8) is 0 Å². The van der Waals surface area contributed by atoms with Crippen molar-refractivity contribution >= 4 is 18.3 Å². The van der Waals surface area contributed by atoms with Crippen LogP contribution in [0.1, 0.15) is 35.4 Å². The molecule has 5 nitrogen and oxygen atoms in total. The van der Waals surface area contributed by atoms with Crippen molar-refractivity contribution in [2.24, 2.45) is 24.6 Å². The third-order valence-corrected chi connectivity index (χ3v) is 4.77. The number of likely N-dealkylation sites (tertiary alicyclic amines) is 1. The molecule has 1 aliphatic heterocycles. The Balaban J connectivity index is 0.00000147. The lowest BCUT2D eigenvalue weighted by molar-refractivity contribution is 0.0777. The molecule has 2 heterocycles. The summed E-state index contributed by atoms with van der Waals surface area (Å²) in [7, 11) is 1.87. The molecule has 20 heavy (non-hydrogen) atoms. The minimum Gasteiger partial charge on any atom is -0.337 e. The van der Waals surface area contributed by atoms with Gasteiger partial charge in [0.2, 0.25) is 0 Å². The number of rotatable bonds is 1. The van der Waals surface area contributed by atoms with Gasteiger partial charge in [-0.25, -0.2) is 0 Å². The normalized spacial score (nSPS) is 28.9. The Morgan fingerprint density at radius 3 is 2.75 bits per heavy atom. The van der Waals surface area contributed by atoms with Gasteiger partial charge >= 0.3 is 0 Å². The maximum atomic E-state index is 12.5. The number of halogens is 1. The molecule has 2 fully saturated rings. The molecule has 2 aliphatic rings. The van der Waals surface area contributed by atoms with Crippen LogP contribution < -0.4 is 5.73 Å². The summed E-state index contributed by atoms with van der Waals surface area (Å²) in [6.45, 7) is 3.62. The fourth-order valence-corrected chi connectivity index (χ4v) is 3.51. The number of hydrogen-bond acceptors (Lipinski definition) is 3. The highest BCUT2D eigenvalue weighted by atomic mass is 35.5. The Kier molecular flexibility index (Phi) is 4.39. The second-order valence-electron chi connectivity index (χ2n) is 6.02. The van der Waals surface area contributed by atoms with Gasteiger partial charge < -0.3 is 10.6 Å². The van der Waals surface area contributed by atoms with Gasteiger partial charge in [0.25, 0.3) is 5.91 Å². The molecule has 0 spiro atoms. The minimum absolute atomic E-state index is 0. The Bertz CT molecular complexity index is 482. The first-order chi connectivity index (χ1) is 9.06. The zero-order chi connectivity index (χ0) is 13.6. The molecule has 1 saturated carbocycles. The topological polar surface area (TPSA) is 64.2 Å². The summed E-state index contributed by atoms with van der Waals surface area (Å²) < 4.78 is 1.75. The quantitative estimate of drug-likeness (QED) is 0.851. The van der Waals surface area contributed by atoms with E-state index in [-0.39, 0.29) is 24.4 Å². The predicted molar refractivity (Wildman–Crippen MR) is 79.9 cm³/mol. The molecule has 1 aliphatic carbocycles. The van der Waals surface area contributed by atoms with Crippen molar-refractivity contribution < 1.29 is 4.79 Å². The average molecular weight is 299 g/mol. The van der Waals surface area contributed by atoms with Gasteiger partial charge in [0.05, 0.1) is 0 Å². The molecule has 1 aromatic rings. The van der Waals surface area contributed by atoms with Crippen molar-refractivity contribution in [3.8, 4) is 0 Å². The van der Waals surface area contributed by atoms with E-state index in [1.54, 1.807) is 4.68 Å². The predicted octanol–water partition coefficient (Wildman–Crippen LogP) is 1.35. The standard InChI is InChI=1S/C14H22N4O.ClH/c1-9-6-13(16-17(9)2)14(19)18-7-10-4-3-5-12(15)11(10)8-18;/h6,10-12H,3-5,7-8,15H2,1-2H3;1H. The van der Waals surface area contributed by atoms with E-state index < -0.39 is 0 Å². The Morgan fingerprint density at radius 2 is 2.15 bits per heavy atom. The molecular weight excluding hydrogens is 276 g/mol. The van der Waals surface area contributed by atoms with Gasteiger partial charge in [-0.2, -0.15) is 5.10 Å². The second-order valence-corrected chi connectivity index (χ2v) is 6.02. The van der Waals surface area contributed by atoms with Gasteiger partial charge in [-0.3, -0.25) is 9.48 Å². The number of aryl methyl sites for hydroxylation is 2. The Hall–Kier alpha value is -1.07. The summed E-state index contributed by atoms with van der Waals surface area (Å²) >= 11 is 0. The maximum Gasteiger partial charge on any atom is 0.274 e. The van der Waals surface area contributed by atoms with Crippen molar-refractivity contribution in [1.29, 1.82) is 0 Å². The first-order valence-electron chi connectivity index (χ1n) is 7.11. The molecule has 0 radical (unpaired) electrons. The molecule has 0 aromatic carbocycles. The highest BCUT2D eigenvalue weighted by Crippen LogP contribution is 2.35. The number of fused-ring (bicyclic) bond motifs is 1. The van der Waals surface area contributed by atoms with E-state index in [9.17, 15) is 4.79 Å². The first-order valence-corrected chi connectivity index (χ1v) is 7.11. The van der Waals surface area contributed by atoms with Crippen LogP contribution in [0.25, 0.3) is 0 Å². The highest BCUT2D eigenvalue weighted by molar-refractivity contribution is 5.92. The molecule has 112 valence electrons. The molecule has 1 aromatic heterocycles. The lowest BCUT2D eigenvalue weighted by Gasteiger charge is -2.29. The highest BCUT2D eigenvalue weighted by Gasteiger charge is 2.40. The van der Waals surface area contributed by atoms with E-state index in [2.05, 4.69) is 5.10 Å². The van der Waals surface area contributed by atoms with Gasteiger partial charge in [0, 0.05) is 31.9 Å². The van der Waals surface area contributed by atoms with Crippen molar-refractivity contribution in [2.75, 3.05) is 13.1 Å². The summed E-state index contributed by atoms with van der Waals surface area (Å²) in [6.07, 6.45) is 3.52. The number of nitrogens with two attached hydrogens (primary N) is 1. The van der Waals surface area contributed by atoms with Crippen LogP contribution in [0.5, 0.6) is 0 Å². The number of nitrogens with zero attached hydrogens (tertiary/aromatic N) is 3. The Morgan fingerprint density at radius 1 is 1.40 bits per heavy atom. The zero-order valence-electron chi connectivity index (χ0n) is 12.1. The van der Waals surface area contributed by atoms with Crippen LogP contribution in [-0.2, 0) is 7.05 Å². The largest absolute Gasteiger partial charge is 0.337 e. The molecule has 2 N–H and O–H groups in total. The van der Waals surface area contributed by atoms with Crippen LogP contribution >= 0.6 is 12.4 Å². The summed E-state index contributed by atoms with van der Waals surface area (Å²) in [5.74, 6) is 1.14. The van der Waals surface area contributed by atoms with E-state index in [4.69, 9.17) is 5.73 Å². The number of hydrogen-bond donors (Lipinski definition) is 1. The van der Waals surface area contributed by atoms with Crippen molar-refractivity contribution in [3.05, 3.63) is 17.5 Å². The summed E-state index contributed by atoms with van der Waals surface area (Å²) in [5.41, 5.74) is 7.76. The first kappa shape index (κ1) is 15.3. The summed E-state index contributed by atoms with van der Waals surface area (Å²) in [5, 5.41) is 4.29. The van der Waals surface area contributed by atoms with Gasteiger partial charge in [-0.1, -0.05) is 6.42 Å². The van der Waals surface area contributed by atoms with Crippen molar-refractivity contribution in [2.45, 2.75) is 32.2 Å². The van der Waals surface area contributed by atoms with E-state index in [1.165, 1.54) is 12.8 Å². The maximum absolute atomic E-state index is 12.5. The fourth-order valence-electron chi connectivity index (χ4n) is 3.51. The molecule has 6 heteroatoms. The van der Waals surface area contributed by atoms with Crippen LogP contribution in [0.15, 0.2) is 6.07 Å². The van der Waals surface area contributed by atoms with Crippen molar-refractivity contribution in [1.82, 2.24) is 14.7 Å². The van der Waals surface area contributed by atoms with Crippen LogP contribution in [0, 0.1) is 18.8 Å². The van der Waals surface area contributed by atoms with E-state index in [1.807, 2.05) is 24.9 Å². The van der Waals surface area contributed by atoms with Gasteiger partial charge in [0.15, 0.2) is 5.69 Å². The molecule has 3 rings (SSSR count). The van der Waals surface area contributed by atoms with Crippen LogP contribution in [0.4, 0.5) is 0 Å².